The summed E-state index contributed by atoms with van der Waals surface area (Å²) >= 11 is 0. The number of methoxy groups -OCH3 is 1. The fourth-order valence-electron chi connectivity index (χ4n) is 1.49. The van der Waals surface area contributed by atoms with Crippen LogP contribution in [-0.4, -0.2) is 28.0 Å². The van der Waals surface area contributed by atoms with Gasteiger partial charge >= 0.3 is 0 Å². The summed E-state index contributed by atoms with van der Waals surface area (Å²) in [6.07, 6.45) is 0. The van der Waals surface area contributed by atoms with Gasteiger partial charge in [0.15, 0.2) is 0 Å². The first kappa shape index (κ1) is 14.6. The molecule has 0 fully saturated rings. The number of rotatable bonds is 6. The van der Waals surface area contributed by atoms with Gasteiger partial charge in [0.25, 0.3) is 5.69 Å². The van der Waals surface area contributed by atoms with Crippen molar-refractivity contribution in [2.75, 3.05) is 12.9 Å². The molecule has 2 N–H and O–H groups in total. The molecule has 1 aromatic rings. The van der Waals surface area contributed by atoms with Crippen LogP contribution in [0.1, 0.15) is 12.5 Å². The minimum Gasteiger partial charge on any atom is -0.496 e. The van der Waals surface area contributed by atoms with E-state index in [1.54, 1.807) is 13.0 Å². The third-order valence-electron chi connectivity index (χ3n) is 2.17. The molecule has 0 aliphatic heterocycles. The molecule has 0 saturated heterocycles. The predicted octanol–water partition coefficient (Wildman–Crippen LogP) is 1.20. The van der Waals surface area contributed by atoms with Crippen molar-refractivity contribution in [3.63, 3.8) is 0 Å². The van der Waals surface area contributed by atoms with Gasteiger partial charge in [0.2, 0.25) is 0 Å². The average Bonchev–Trinajstić information content (AvgIpc) is 2.27. The molecule has 18 heavy (non-hydrogen) atoms. The van der Waals surface area contributed by atoms with Crippen LogP contribution >= 0.6 is 0 Å². The second kappa shape index (κ2) is 6.46. The van der Waals surface area contributed by atoms with Crippen LogP contribution in [-0.2, 0) is 16.6 Å². The Bertz CT molecular complexity index is 462. The molecule has 0 aliphatic rings. The Morgan fingerprint density at radius 3 is 2.67 bits per heavy atom. The van der Waals surface area contributed by atoms with Crippen LogP contribution in [0.5, 0.6) is 5.75 Å². The van der Waals surface area contributed by atoms with Gasteiger partial charge in [-0.3, -0.25) is 14.3 Å². The van der Waals surface area contributed by atoms with Crippen molar-refractivity contribution in [3.8, 4) is 5.75 Å². The lowest BCUT2D eigenvalue weighted by atomic mass is 10.2. The number of ether oxygens (including phenoxy) is 1. The molecule has 0 aliphatic carbocycles. The maximum atomic E-state index is 11.7. The highest BCUT2D eigenvalue weighted by Gasteiger charge is 2.12. The average molecular weight is 272 g/mol. The molecule has 1 aromatic carbocycles. The van der Waals surface area contributed by atoms with E-state index in [9.17, 15) is 14.3 Å². The van der Waals surface area contributed by atoms with Crippen LogP contribution < -0.4 is 10.5 Å². The van der Waals surface area contributed by atoms with E-state index in [4.69, 9.17) is 10.5 Å². The molecule has 0 amide bonds. The molecule has 0 radical (unpaired) electrons. The zero-order chi connectivity index (χ0) is 13.7. The maximum Gasteiger partial charge on any atom is 0.273 e. The third-order valence-corrected chi connectivity index (χ3v) is 3.73. The van der Waals surface area contributed by atoms with E-state index < -0.39 is 15.7 Å². The van der Waals surface area contributed by atoms with Crippen LogP contribution in [0.25, 0.3) is 0 Å². The van der Waals surface area contributed by atoms with Crippen LogP contribution in [0.15, 0.2) is 18.2 Å². The molecule has 0 aromatic heterocycles. The Morgan fingerprint density at radius 1 is 1.50 bits per heavy atom. The van der Waals surface area contributed by atoms with E-state index in [0.29, 0.717) is 17.1 Å². The highest BCUT2D eigenvalue weighted by atomic mass is 32.2. The van der Waals surface area contributed by atoms with Crippen LogP contribution in [0.2, 0.25) is 0 Å². The van der Waals surface area contributed by atoms with Gasteiger partial charge in [0.1, 0.15) is 5.75 Å². The smallest absolute Gasteiger partial charge is 0.273 e. The lowest BCUT2D eigenvalue weighted by Crippen LogP contribution is -2.23. The first-order valence-electron chi connectivity index (χ1n) is 5.35. The predicted molar refractivity (Wildman–Crippen MR) is 70.0 cm³/mol. The minimum atomic E-state index is -1.14. The summed E-state index contributed by atoms with van der Waals surface area (Å²) in [5, 5.41) is 10.7. The van der Waals surface area contributed by atoms with Gasteiger partial charge in [0, 0.05) is 34.4 Å². The van der Waals surface area contributed by atoms with Gasteiger partial charge in [-0.25, -0.2) is 0 Å². The normalized spacial score (nSPS) is 13.9. The number of nitrogens with zero attached hydrogens (tertiary/aromatic N) is 1. The number of hydrogen-bond acceptors (Lipinski definition) is 5. The third kappa shape index (κ3) is 4.42. The van der Waals surface area contributed by atoms with Crippen LogP contribution in [0, 0.1) is 10.1 Å². The Kier molecular flexibility index (Phi) is 5.24. The highest BCUT2D eigenvalue weighted by molar-refractivity contribution is 7.84. The number of nitrogens with two attached hydrogens (primary N) is 1. The molecular formula is C11H16N2O4S. The summed E-state index contributed by atoms with van der Waals surface area (Å²) < 4.78 is 16.7. The van der Waals surface area contributed by atoms with Crippen molar-refractivity contribution in [3.05, 3.63) is 33.9 Å². The summed E-state index contributed by atoms with van der Waals surface area (Å²) in [5.41, 5.74) is 6.10. The Morgan fingerprint density at radius 2 is 2.17 bits per heavy atom. The largest absolute Gasteiger partial charge is 0.496 e. The fourth-order valence-corrected chi connectivity index (χ4v) is 2.73. The number of benzene rings is 1. The minimum absolute atomic E-state index is 0.0675. The lowest BCUT2D eigenvalue weighted by Gasteiger charge is -2.07. The molecule has 2 unspecified atom stereocenters. The first-order valence-corrected chi connectivity index (χ1v) is 6.84. The highest BCUT2D eigenvalue weighted by Crippen LogP contribution is 2.23. The van der Waals surface area contributed by atoms with Gasteiger partial charge in [-0.2, -0.15) is 0 Å². The molecule has 7 heteroatoms. The van der Waals surface area contributed by atoms with E-state index in [1.165, 1.54) is 19.2 Å². The quantitative estimate of drug-likeness (QED) is 0.620. The molecule has 0 spiro atoms. The fraction of sp³-hybridized carbons (Fsp3) is 0.455. The number of nitro groups is 1. The van der Waals surface area contributed by atoms with Gasteiger partial charge in [-0.05, 0) is 18.6 Å². The van der Waals surface area contributed by atoms with Crippen LogP contribution in [0.4, 0.5) is 5.69 Å². The number of non-ortho nitro benzene ring substituents is 1. The zero-order valence-electron chi connectivity index (χ0n) is 10.3. The van der Waals surface area contributed by atoms with Gasteiger partial charge in [-0.1, -0.05) is 0 Å². The number of hydrogen-bond donors (Lipinski definition) is 1. The summed E-state index contributed by atoms with van der Waals surface area (Å²) in [7, 11) is 0.296. The van der Waals surface area contributed by atoms with E-state index >= 15 is 0 Å². The molecule has 0 heterocycles. The monoisotopic (exact) mass is 272 g/mol. The van der Waals surface area contributed by atoms with Crippen molar-refractivity contribution >= 4 is 16.5 Å². The summed E-state index contributed by atoms with van der Waals surface area (Å²) in [4.78, 5) is 10.2. The van der Waals surface area contributed by atoms with Crippen molar-refractivity contribution < 1.29 is 13.9 Å². The van der Waals surface area contributed by atoms with Crippen LogP contribution in [0.3, 0.4) is 0 Å². The van der Waals surface area contributed by atoms with Crippen molar-refractivity contribution in [1.82, 2.24) is 0 Å². The van der Waals surface area contributed by atoms with E-state index in [-0.39, 0.29) is 17.5 Å². The SMILES string of the molecule is COc1cc(CS(=O)CC(C)N)cc([N+](=O)[O-])c1. The Labute approximate surface area is 108 Å². The van der Waals surface area contributed by atoms with E-state index in [2.05, 4.69) is 0 Å². The van der Waals surface area contributed by atoms with Crippen molar-refractivity contribution in [2.45, 2.75) is 18.7 Å². The molecule has 6 nitrogen and oxygen atoms in total. The van der Waals surface area contributed by atoms with Gasteiger partial charge < -0.3 is 10.5 Å². The molecule has 0 saturated carbocycles. The zero-order valence-corrected chi connectivity index (χ0v) is 11.1. The lowest BCUT2D eigenvalue weighted by molar-refractivity contribution is -0.385. The topological polar surface area (TPSA) is 95.5 Å². The Balaban J connectivity index is 2.91. The van der Waals surface area contributed by atoms with Crippen molar-refractivity contribution in [2.24, 2.45) is 5.73 Å². The Hall–Kier alpha value is -1.47. The number of nitro benzene ring substituents is 1. The second-order valence-corrected chi connectivity index (χ2v) is 5.53. The summed E-state index contributed by atoms with van der Waals surface area (Å²) in [6, 6.07) is 4.22. The maximum absolute atomic E-state index is 11.7. The molecule has 100 valence electrons. The standard InChI is InChI=1S/C11H16N2O4S/c1-8(12)6-18(16)7-9-3-10(13(14)15)5-11(4-9)17-2/h3-5,8H,6-7,12H2,1-2H3. The second-order valence-electron chi connectivity index (χ2n) is 4.02. The van der Waals surface area contributed by atoms with Crippen molar-refractivity contribution in [1.29, 1.82) is 0 Å². The summed E-state index contributed by atoms with van der Waals surface area (Å²) in [5.74, 6) is 0.988. The van der Waals surface area contributed by atoms with Gasteiger partial charge in [-0.15, -0.1) is 0 Å². The summed E-state index contributed by atoms with van der Waals surface area (Å²) in [6.45, 7) is 1.77. The molecule has 0 bridgehead atoms. The van der Waals surface area contributed by atoms with E-state index in [0.717, 1.165) is 0 Å². The molecule has 1 rings (SSSR count). The van der Waals surface area contributed by atoms with E-state index in [1.807, 2.05) is 0 Å². The van der Waals surface area contributed by atoms with Gasteiger partial charge in [0.05, 0.1) is 18.1 Å². The molecule has 2 atom stereocenters. The molecular weight excluding hydrogens is 256 g/mol. The first-order chi connectivity index (χ1) is 8.42.